The normalized spacial score (nSPS) is 13.9. The minimum absolute atomic E-state index is 0.0801. The molecule has 1 fully saturated rings. The molecule has 0 unspecified atom stereocenters. The summed E-state index contributed by atoms with van der Waals surface area (Å²) in [6.45, 7) is 7.37. The SMILES string of the molecule is CCn1c2ccccc2c2cc(CN3CCN(C(=O)c4cccnc4)CC3)ccc21.O=C(O)C(=O)O. The maximum Gasteiger partial charge on any atom is 0.414 e. The van der Waals surface area contributed by atoms with Gasteiger partial charge in [0.1, 0.15) is 0 Å². The van der Waals surface area contributed by atoms with Gasteiger partial charge in [0, 0.05) is 73.5 Å². The molecule has 2 aromatic carbocycles. The van der Waals surface area contributed by atoms with Gasteiger partial charge in [-0.15, -0.1) is 0 Å². The van der Waals surface area contributed by atoms with Crippen LogP contribution in [0.15, 0.2) is 67.0 Å². The highest BCUT2D eigenvalue weighted by molar-refractivity contribution is 6.27. The Morgan fingerprint density at radius 2 is 1.56 bits per heavy atom. The summed E-state index contributed by atoms with van der Waals surface area (Å²) >= 11 is 0. The molecule has 0 spiro atoms. The van der Waals surface area contributed by atoms with Crippen LogP contribution in [0.5, 0.6) is 0 Å². The number of amides is 1. The van der Waals surface area contributed by atoms with Crippen molar-refractivity contribution in [3.63, 3.8) is 0 Å². The Bertz CT molecular complexity index is 1380. The van der Waals surface area contributed by atoms with E-state index in [2.05, 4.69) is 63.8 Å². The number of carbonyl (C=O) groups is 3. The molecule has 186 valence electrons. The smallest absolute Gasteiger partial charge is 0.414 e. The van der Waals surface area contributed by atoms with Crippen LogP contribution < -0.4 is 0 Å². The minimum atomic E-state index is -1.82. The van der Waals surface area contributed by atoms with Crippen LogP contribution in [0, 0.1) is 0 Å². The number of hydrogen-bond donors (Lipinski definition) is 2. The van der Waals surface area contributed by atoms with Gasteiger partial charge in [0.25, 0.3) is 5.91 Å². The number of pyridine rings is 1. The zero-order valence-electron chi connectivity index (χ0n) is 20.0. The van der Waals surface area contributed by atoms with Gasteiger partial charge >= 0.3 is 11.9 Å². The molecule has 5 rings (SSSR count). The zero-order valence-corrected chi connectivity index (χ0v) is 20.0. The standard InChI is InChI=1S/C25H26N4O.C2H2O4/c1-2-29-23-8-4-3-7-21(23)22-16-19(9-10-24(22)29)18-27-12-14-28(15-13-27)25(30)20-6-5-11-26-17-20;3-1(4)2(5)6/h3-11,16-17H,2,12-15,18H2,1H3;(H,3,4)(H,5,6). The molecular formula is C27H28N4O5. The maximum atomic E-state index is 12.6. The van der Waals surface area contributed by atoms with Crippen molar-refractivity contribution in [1.29, 1.82) is 0 Å². The first-order chi connectivity index (χ1) is 17.4. The molecule has 2 aromatic heterocycles. The number of fused-ring (bicyclic) bond motifs is 3. The molecule has 3 heterocycles. The quantitative estimate of drug-likeness (QED) is 0.423. The highest BCUT2D eigenvalue weighted by Gasteiger charge is 2.22. The van der Waals surface area contributed by atoms with E-state index in [1.165, 1.54) is 27.4 Å². The highest BCUT2D eigenvalue weighted by Crippen LogP contribution is 2.30. The molecule has 0 radical (unpaired) electrons. The molecule has 9 nitrogen and oxygen atoms in total. The summed E-state index contributed by atoms with van der Waals surface area (Å²) in [5.41, 5.74) is 4.60. The van der Waals surface area contributed by atoms with E-state index in [1.54, 1.807) is 12.4 Å². The van der Waals surface area contributed by atoms with E-state index < -0.39 is 11.9 Å². The molecule has 1 aliphatic rings. The lowest BCUT2D eigenvalue weighted by molar-refractivity contribution is -0.159. The summed E-state index contributed by atoms with van der Waals surface area (Å²) in [5.74, 6) is -3.57. The van der Waals surface area contributed by atoms with Crippen LogP contribution in [0.2, 0.25) is 0 Å². The number of hydrogen-bond acceptors (Lipinski definition) is 5. The number of benzene rings is 2. The monoisotopic (exact) mass is 488 g/mol. The van der Waals surface area contributed by atoms with E-state index in [1.807, 2.05) is 17.0 Å². The summed E-state index contributed by atoms with van der Waals surface area (Å²) in [7, 11) is 0. The third kappa shape index (κ3) is 5.36. The minimum Gasteiger partial charge on any atom is -0.473 e. The van der Waals surface area contributed by atoms with Gasteiger partial charge in [-0.2, -0.15) is 0 Å². The predicted molar refractivity (Wildman–Crippen MR) is 136 cm³/mol. The number of carboxylic acid groups (broad SMARTS) is 2. The Hall–Kier alpha value is -4.24. The number of aromatic nitrogens is 2. The summed E-state index contributed by atoms with van der Waals surface area (Å²) in [6.07, 6.45) is 3.35. The molecule has 9 heteroatoms. The van der Waals surface area contributed by atoms with Crippen molar-refractivity contribution >= 4 is 39.7 Å². The fourth-order valence-electron chi connectivity index (χ4n) is 4.58. The van der Waals surface area contributed by atoms with Gasteiger partial charge in [-0.25, -0.2) is 9.59 Å². The number of aliphatic carboxylic acids is 2. The molecule has 36 heavy (non-hydrogen) atoms. The van der Waals surface area contributed by atoms with Crippen LogP contribution in [-0.4, -0.2) is 73.6 Å². The molecule has 0 bridgehead atoms. The van der Waals surface area contributed by atoms with Gasteiger partial charge in [0.05, 0.1) is 5.56 Å². The summed E-state index contributed by atoms with van der Waals surface area (Å²) in [6, 6.07) is 19.2. The van der Waals surface area contributed by atoms with Gasteiger partial charge in [-0.3, -0.25) is 14.7 Å². The van der Waals surface area contributed by atoms with Crippen molar-refractivity contribution in [3.8, 4) is 0 Å². The fourth-order valence-corrected chi connectivity index (χ4v) is 4.58. The largest absolute Gasteiger partial charge is 0.473 e. The van der Waals surface area contributed by atoms with Crippen LogP contribution in [-0.2, 0) is 22.7 Å². The van der Waals surface area contributed by atoms with Gasteiger partial charge in [-0.05, 0) is 42.8 Å². The Kier molecular flexibility index (Phi) is 7.60. The Labute approximate surface area is 208 Å². The lowest BCUT2D eigenvalue weighted by Gasteiger charge is -2.34. The number of carboxylic acids is 2. The van der Waals surface area contributed by atoms with Crippen LogP contribution in [0.1, 0.15) is 22.8 Å². The van der Waals surface area contributed by atoms with Crippen LogP contribution in [0.3, 0.4) is 0 Å². The van der Waals surface area contributed by atoms with Crippen molar-refractivity contribution in [2.75, 3.05) is 26.2 Å². The van der Waals surface area contributed by atoms with Crippen LogP contribution >= 0.6 is 0 Å². The molecule has 1 aliphatic heterocycles. The number of rotatable bonds is 4. The van der Waals surface area contributed by atoms with Gasteiger partial charge < -0.3 is 19.7 Å². The average molecular weight is 489 g/mol. The molecule has 4 aromatic rings. The number of piperazine rings is 1. The molecule has 1 saturated heterocycles. The van der Waals surface area contributed by atoms with E-state index >= 15 is 0 Å². The van der Waals surface area contributed by atoms with Crippen molar-refractivity contribution in [3.05, 3.63) is 78.1 Å². The second-order valence-electron chi connectivity index (χ2n) is 8.53. The van der Waals surface area contributed by atoms with E-state index in [4.69, 9.17) is 19.8 Å². The van der Waals surface area contributed by atoms with Crippen molar-refractivity contribution in [1.82, 2.24) is 19.4 Å². The topological polar surface area (TPSA) is 116 Å². The first-order valence-corrected chi connectivity index (χ1v) is 11.8. The number of para-hydroxylation sites is 1. The van der Waals surface area contributed by atoms with Crippen LogP contribution in [0.25, 0.3) is 21.8 Å². The number of carbonyl (C=O) groups excluding carboxylic acids is 1. The van der Waals surface area contributed by atoms with E-state index in [0.717, 1.165) is 39.3 Å². The number of aryl methyl sites for hydroxylation is 1. The van der Waals surface area contributed by atoms with Gasteiger partial charge in [-0.1, -0.05) is 24.3 Å². The molecule has 0 saturated carbocycles. The first kappa shape index (κ1) is 24.9. The van der Waals surface area contributed by atoms with Gasteiger partial charge in [0.2, 0.25) is 0 Å². The van der Waals surface area contributed by atoms with E-state index in [9.17, 15) is 4.79 Å². The average Bonchev–Trinajstić information content (AvgIpc) is 3.22. The van der Waals surface area contributed by atoms with E-state index in [-0.39, 0.29) is 5.91 Å². The van der Waals surface area contributed by atoms with Crippen molar-refractivity contribution < 1.29 is 24.6 Å². The summed E-state index contributed by atoms with van der Waals surface area (Å²) in [5, 5.41) is 17.4. The van der Waals surface area contributed by atoms with Crippen molar-refractivity contribution in [2.45, 2.75) is 20.0 Å². The summed E-state index contributed by atoms with van der Waals surface area (Å²) in [4.78, 5) is 39.3. The lowest BCUT2D eigenvalue weighted by Crippen LogP contribution is -2.48. The summed E-state index contributed by atoms with van der Waals surface area (Å²) < 4.78 is 2.39. The predicted octanol–water partition coefficient (Wildman–Crippen LogP) is 3.32. The molecule has 1 amide bonds. The van der Waals surface area contributed by atoms with Crippen LogP contribution in [0.4, 0.5) is 0 Å². The number of nitrogens with zero attached hydrogens (tertiary/aromatic N) is 4. The van der Waals surface area contributed by atoms with Gasteiger partial charge in [0.15, 0.2) is 0 Å². The Balaban J connectivity index is 0.000000455. The lowest BCUT2D eigenvalue weighted by atomic mass is 10.1. The fraction of sp³-hybridized carbons (Fsp3) is 0.259. The third-order valence-corrected chi connectivity index (χ3v) is 6.31. The zero-order chi connectivity index (χ0) is 25.7. The highest BCUT2D eigenvalue weighted by atomic mass is 16.4. The Morgan fingerprint density at radius 1 is 0.861 bits per heavy atom. The van der Waals surface area contributed by atoms with Crippen molar-refractivity contribution in [2.24, 2.45) is 0 Å². The first-order valence-electron chi connectivity index (χ1n) is 11.8. The second kappa shape index (κ2) is 11.0. The molecule has 0 atom stereocenters. The maximum absolute atomic E-state index is 12.6. The third-order valence-electron chi connectivity index (χ3n) is 6.31. The molecule has 2 N–H and O–H groups in total. The molecular weight excluding hydrogens is 460 g/mol. The molecule has 0 aliphatic carbocycles. The van der Waals surface area contributed by atoms with E-state index in [0.29, 0.717) is 5.56 Å². The second-order valence-corrected chi connectivity index (χ2v) is 8.53. The Morgan fingerprint density at radius 3 is 2.19 bits per heavy atom.